The maximum absolute atomic E-state index is 5.84. The second kappa shape index (κ2) is 7.98. The van der Waals surface area contributed by atoms with E-state index in [0.29, 0.717) is 0 Å². The molecule has 0 radical (unpaired) electrons. The van der Waals surface area contributed by atoms with Crippen LogP contribution >= 0.6 is 0 Å². The van der Waals surface area contributed by atoms with E-state index in [1.165, 1.54) is 5.69 Å². The predicted octanol–water partition coefficient (Wildman–Crippen LogP) is 2.91. The Balaban J connectivity index is 0.000000771. The van der Waals surface area contributed by atoms with Crippen molar-refractivity contribution in [3.05, 3.63) is 24.3 Å². The average Bonchev–Trinajstić information content (AvgIpc) is 2.42. The van der Waals surface area contributed by atoms with Crippen LogP contribution in [0.1, 0.15) is 27.7 Å². The van der Waals surface area contributed by atoms with Crippen LogP contribution in [-0.2, 0) is 0 Å². The van der Waals surface area contributed by atoms with Gasteiger partial charge < -0.3 is 15.0 Å². The Bertz CT molecular complexity index is 333. The van der Waals surface area contributed by atoms with Gasteiger partial charge in [-0.15, -0.1) is 0 Å². The van der Waals surface area contributed by atoms with Gasteiger partial charge in [-0.3, -0.25) is 0 Å². The summed E-state index contributed by atoms with van der Waals surface area (Å²) in [6.45, 7) is 12.3. The smallest absolute Gasteiger partial charge is 0.142 e. The molecule has 3 heteroatoms. The highest BCUT2D eigenvalue weighted by atomic mass is 16.5. The van der Waals surface area contributed by atoms with E-state index >= 15 is 0 Å². The zero-order valence-corrected chi connectivity index (χ0v) is 12.1. The van der Waals surface area contributed by atoms with Crippen molar-refractivity contribution < 1.29 is 4.74 Å². The largest absolute Gasteiger partial charge is 0.489 e. The lowest BCUT2D eigenvalue weighted by molar-refractivity contribution is 0.242. The zero-order valence-electron chi connectivity index (χ0n) is 12.1. The summed E-state index contributed by atoms with van der Waals surface area (Å²) >= 11 is 0. The van der Waals surface area contributed by atoms with Crippen LogP contribution in [0.5, 0.6) is 5.75 Å². The summed E-state index contributed by atoms with van der Waals surface area (Å²) in [7, 11) is 0. The molecule has 0 saturated carbocycles. The first-order chi connectivity index (χ1) is 8.77. The van der Waals surface area contributed by atoms with Gasteiger partial charge in [0.1, 0.15) is 5.75 Å². The second-order valence-corrected chi connectivity index (χ2v) is 4.37. The third kappa shape index (κ3) is 4.22. The summed E-state index contributed by atoms with van der Waals surface area (Å²) in [6.07, 6.45) is 0.226. The van der Waals surface area contributed by atoms with Crippen molar-refractivity contribution in [1.29, 1.82) is 0 Å². The third-order valence-electron chi connectivity index (χ3n) is 2.69. The normalized spacial score (nSPS) is 15.1. The van der Waals surface area contributed by atoms with Crippen LogP contribution < -0.4 is 15.0 Å². The standard InChI is InChI=1S/C13H20N2O.C2H6/c1-11(2)16-13-6-4-3-5-12(13)15-9-7-14-8-10-15;1-2/h3-6,11,14H,7-10H2,1-2H3;1-2H3. The summed E-state index contributed by atoms with van der Waals surface area (Å²) in [5.74, 6) is 0.999. The lowest BCUT2D eigenvalue weighted by Crippen LogP contribution is -2.43. The Labute approximate surface area is 111 Å². The predicted molar refractivity (Wildman–Crippen MR) is 78.6 cm³/mol. The summed E-state index contributed by atoms with van der Waals surface area (Å²) in [4.78, 5) is 2.38. The first kappa shape index (κ1) is 14.8. The van der Waals surface area contributed by atoms with Crippen LogP contribution in [0.4, 0.5) is 5.69 Å². The molecule has 3 nitrogen and oxygen atoms in total. The molecule has 102 valence electrons. The maximum atomic E-state index is 5.84. The van der Waals surface area contributed by atoms with E-state index in [0.717, 1.165) is 31.9 Å². The number of piperazine rings is 1. The van der Waals surface area contributed by atoms with Gasteiger partial charge in [0, 0.05) is 26.2 Å². The van der Waals surface area contributed by atoms with E-state index < -0.39 is 0 Å². The van der Waals surface area contributed by atoms with Crippen molar-refractivity contribution in [3.63, 3.8) is 0 Å². The van der Waals surface area contributed by atoms with Gasteiger partial charge in [0.2, 0.25) is 0 Å². The molecular formula is C15H26N2O. The monoisotopic (exact) mass is 250 g/mol. The minimum Gasteiger partial charge on any atom is -0.489 e. The van der Waals surface area contributed by atoms with Crippen LogP contribution in [0.25, 0.3) is 0 Å². The summed E-state index contributed by atoms with van der Waals surface area (Å²) < 4.78 is 5.84. The van der Waals surface area contributed by atoms with Crippen molar-refractivity contribution in [3.8, 4) is 5.75 Å². The molecule has 0 amide bonds. The van der Waals surface area contributed by atoms with Gasteiger partial charge in [0.15, 0.2) is 0 Å². The Morgan fingerprint density at radius 3 is 2.33 bits per heavy atom. The first-order valence-corrected chi connectivity index (χ1v) is 6.99. The molecule has 0 atom stereocenters. The van der Waals surface area contributed by atoms with E-state index in [-0.39, 0.29) is 6.10 Å². The molecule has 0 aromatic heterocycles. The maximum Gasteiger partial charge on any atom is 0.142 e. The number of hydrogen-bond donors (Lipinski definition) is 1. The molecule has 1 aliphatic rings. The fourth-order valence-corrected chi connectivity index (χ4v) is 1.98. The van der Waals surface area contributed by atoms with Crippen LogP contribution in [0.15, 0.2) is 24.3 Å². The van der Waals surface area contributed by atoms with Crippen LogP contribution in [0.3, 0.4) is 0 Å². The van der Waals surface area contributed by atoms with Crippen LogP contribution in [-0.4, -0.2) is 32.3 Å². The summed E-state index contributed by atoms with van der Waals surface area (Å²) in [5, 5.41) is 3.36. The highest BCUT2D eigenvalue weighted by Gasteiger charge is 2.14. The van der Waals surface area contributed by atoms with E-state index in [9.17, 15) is 0 Å². The van der Waals surface area contributed by atoms with Crippen molar-refractivity contribution in [2.24, 2.45) is 0 Å². The molecule has 1 aliphatic heterocycles. The van der Waals surface area contributed by atoms with Crippen molar-refractivity contribution >= 4 is 5.69 Å². The van der Waals surface area contributed by atoms with E-state index in [1.807, 2.05) is 19.9 Å². The highest BCUT2D eigenvalue weighted by molar-refractivity contribution is 5.58. The molecule has 1 aromatic rings. The Morgan fingerprint density at radius 1 is 1.11 bits per heavy atom. The number of hydrogen-bond acceptors (Lipinski definition) is 3. The summed E-state index contributed by atoms with van der Waals surface area (Å²) in [6, 6.07) is 8.30. The molecule has 0 unspecified atom stereocenters. The van der Waals surface area contributed by atoms with Crippen molar-refractivity contribution in [2.45, 2.75) is 33.8 Å². The van der Waals surface area contributed by atoms with E-state index in [2.05, 4.69) is 42.3 Å². The number of nitrogens with zero attached hydrogens (tertiary/aromatic N) is 1. The molecule has 1 aromatic carbocycles. The molecule has 1 fully saturated rings. The quantitative estimate of drug-likeness (QED) is 0.892. The number of benzene rings is 1. The van der Waals surface area contributed by atoms with Gasteiger partial charge in [-0.1, -0.05) is 26.0 Å². The Kier molecular flexibility index (Phi) is 6.58. The lowest BCUT2D eigenvalue weighted by atomic mass is 10.2. The fourth-order valence-electron chi connectivity index (χ4n) is 1.98. The SMILES string of the molecule is CC.CC(C)Oc1ccccc1N1CCNCC1. The molecule has 1 saturated heterocycles. The van der Waals surface area contributed by atoms with Crippen LogP contribution in [0.2, 0.25) is 0 Å². The van der Waals surface area contributed by atoms with Crippen LogP contribution in [0, 0.1) is 0 Å². The molecule has 0 bridgehead atoms. The van der Waals surface area contributed by atoms with Gasteiger partial charge in [-0.2, -0.15) is 0 Å². The zero-order chi connectivity index (χ0) is 13.4. The van der Waals surface area contributed by atoms with E-state index in [1.54, 1.807) is 0 Å². The van der Waals surface area contributed by atoms with Crippen molar-refractivity contribution in [1.82, 2.24) is 5.32 Å². The number of nitrogens with one attached hydrogen (secondary N) is 1. The highest BCUT2D eigenvalue weighted by Crippen LogP contribution is 2.28. The molecule has 1 heterocycles. The molecule has 0 aliphatic carbocycles. The number of rotatable bonds is 3. The second-order valence-electron chi connectivity index (χ2n) is 4.37. The third-order valence-corrected chi connectivity index (χ3v) is 2.69. The molecule has 1 N–H and O–H groups in total. The number of anilines is 1. The van der Waals surface area contributed by atoms with Gasteiger partial charge >= 0.3 is 0 Å². The van der Waals surface area contributed by atoms with Gasteiger partial charge in [0.05, 0.1) is 11.8 Å². The molecule has 18 heavy (non-hydrogen) atoms. The summed E-state index contributed by atoms with van der Waals surface area (Å²) in [5.41, 5.74) is 1.22. The van der Waals surface area contributed by atoms with Gasteiger partial charge in [-0.05, 0) is 26.0 Å². The van der Waals surface area contributed by atoms with Gasteiger partial charge in [-0.25, -0.2) is 0 Å². The average molecular weight is 250 g/mol. The van der Waals surface area contributed by atoms with E-state index in [4.69, 9.17) is 4.74 Å². The number of ether oxygens (including phenoxy) is 1. The Hall–Kier alpha value is -1.22. The minimum absolute atomic E-state index is 0.226. The molecule has 0 spiro atoms. The lowest BCUT2D eigenvalue weighted by Gasteiger charge is -2.31. The van der Waals surface area contributed by atoms with Crippen molar-refractivity contribution in [2.75, 3.05) is 31.1 Å². The fraction of sp³-hybridized carbons (Fsp3) is 0.600. The number of para-hydroxylation sites is 2. The molecular weight excluding hydrogens is 224 g/mol. The first-order valence-electron chi connectivity index (χ1n) is 6.99. The topological polar surface area (TPSA) is 24.5 Å². The minimum atomic E-state index is 0.226. The molecule has 2 rings (SSSR count). The Morgan fingerprint density at radius 2 is 1.72 bits per heavy atom. The van der Waals surface area contributed by atoms with Gasteiger partial charge in [0.25, 0.3) is 0 Å².